The molecule has 0 bridgehead atoms. The summed E-state index contributed by atoms with van der Waals surface area (Å²) in [5, 5.41) is 4.09. The normalized spacial score (nSPS) is 13.9. The Balaban J connectivity index is 1.75. The predicted octanol–water partition coefficient (Wildman–Crippen LogP) is 9.26. The Bertz CT molecular complexity index is 1460. The van der Waals surface area contributed by atoms with Gasteiger partial charge in [-0.25, -0.2) is 0 Å². The van der Waals surface area contributed by atoms with Crippen LogP contribution in [0.3, 0.4) is 0 Å². The highest BCUT2D eigenvalue weighted by molar-refractivity contribution is 7.19. The van der Waals surface area contributed by atoms with Crippen molar-refractivity contribution < 1.29 is 4.58 Å². The van der Waals surface area contributed by atoms with Gasteiger partial charge in [-0.1, -0.05) is 101 Å². The number of thiophene rings is 1. The number of aryl methyl sites for hydroxylation is 1. The number of benzene rings is 3. The van der Waals surface area contributed by atoms with Crippen LogP contribution >= 0.6 is 11.3 Å². The largest absolute Gasteiger partial charge is 0.257 e. The molecule has 0 saturated heterocycles. The van der Waals surface area contributed by atoms with E-state index >= 15 is 0 Å². The molecule has 35 heavy (non-hydrogen) atoms. The summed E-state index contributed by atoms with van der Waals surface area (Å²) in [7, 11) is 0. The zero-order chi connectivity index (χ0) is 24.9. The van der Waals surface area contributed by atoms with Crippen LogP contribution in [0.25, 0.3) is 26.9 Å². The van der Waals surface area contributed by atoms with Crippen molar-refractivity contribution in [2.24, 2.45) is 5.92 Å². The maximum Gasteiger partial charge on any atom is 0.197 e. The van der Waals surface area contributed by atoms with E-state index in [0.717, 1.165) is 19.3 Å². The lowest BCUT2D eigenvalue weighted by atomic mass is 9.74. The molecule has 0 unspecified atom stereocenters. The minimum absolute atomic E-state index is 0.133. The van der Waals surface area contributed by atoms with Gasteiger partial charge >= 0.3 is 0 Å². The second-order valence-electron chi connectivity index (χ2n) is 10.8. The van der Waals surface area contributed by atoms with E-state index in [4.69, 9.17) is 0 Å². The second-order valence-corrected chi connectivity index (χ2v) is 11.9. The Morgan fingerprint density at radius 3 is 2.46 bits per heavy atom. The zero-order valence-corrected chi connectivity index (χ0v) is 22.9. The zero-order valence-electron chi connectivity index (χ0n) is 22.0. The molecule has 0 atom stereocenters. The molecule has 0 spiro atoms. The number of hydrogen-bond donors (Lipinski definition) is 0. The third-order valence-electron chi connectivity index (χ3n) is 8.14. The first kappa shape index (κ1) is 23.9. The van der Waals surface area contributed by atoms with Crippen molar-refractivity contribution in [2.75, 3.05) is 0 Å². The number of rotatable bonds is 6. The van der Waals surface area contributed by atoms with Crippen molar-refractivity contribution in [3.05, 3.63) is 93.5 Å². The van der Waals surface area contributed by atoms with Gasteiger partial charge in [0.25, 0.3) is 0 Å². The predicted molar refractivity (Wildman–Crippen MR) is 155 cm³/mol. The minimum atomic E-state index is 0.133. The van der Waals surface area contributed by atoms with Gasteiger partial charge < -0.3 is 0 Å². The molecule has 4 aromatic rings. The molecule has 1 nitrogen and oxygen atoms in total. The maximum atomic E-state index is 4.45. The molecule has 3 aromatic carbocycles. The molecule has 0 saturated carbocycles. The van der Waals surface area contributed by atoms with Gasteiger partial charge in [0.15, 0.2) is 15.6 Å². The van der Waals surface area contributed by atoms with Gasteiger partial charge in [0, 0.05) is 0 Å². The van der Waals surface area contributed by atoms with Gasteiger partial charge in [0.05, 0.1) is 6.72 Å². The number of hydrogen-bond acceptors (Lipinski definition) is 0. The van der Waals surface area contributed by atoms with Gasteiger partial charge in [-0.15, -0.1) is 17.7 Å². The summed E-state index contributed by atoms with van der Waals surface area (Å²) in [4.78, 5) is 1.33. The summed E-state index contributed by atoms with van der Waals surface area (Å²) >= 11 is 1.92. The molecule has 1 aromatic heterocycles. The number of nitrogens with zero attached hydrogens (tertiary/aromatic N) is 1. The van der Waals surface area contributed by atoms with E-state index in [-0.39, 0.29) is 5.41 Å². The minimum Gasteiger partial charge on any atom is -0.257 e. The Labute approximate surface area is 214 Å². The van der Waals surface area contributed by atoms with Crippen molar-refractivity contribution >= 4 is 45.0 Å². The first-order valence-electron chi connectivity index (χ1n) is 13.0. The fourth-order valence-corrected chi connectivity index (χ4v) is 6.97. The van der Waals surface area contributed by atoms with Gasteiger partial charge in [-0.3, -0.25) is 4.58 Å². The van der Waals surface area contributed by atoms with Crippen LogP contribution in [0.2, 0.25) is 0 Å². The highest BCUT2D eigenvalue weighted by Gasteiger charge is 2.35. The molecule has 0 N–H and O–H groups in total. The van der Waals surface area contributed by atoms with E-state index in [0.29, 0.717) is 5.92 Å². The molecule has 5 rings (SSSR count). The smallest absolute Gasteiger partial charge is 0.197 e. The molecule has 0 fully saturated rings. The van der Waals surface area contributed by atoms with Crippen LogP contribution in [0.4, 0.5) is 0 Å². The molecule has 0 radical (unpaired) electrons. The molecule has 2 heteroatoms. The average molecular weight is 480 g/mol. The van der Waals surface area contributed by atoms with Crippen LogP contribution in [-0.2, 0) is 11.8 Å². The lowest BCUT2D eigenvalue weighted by Crippen LogP contribution is -2.23. The van der Waals surface area contributed by atoms with Crippen LogP contribution in [0.1, 0.15) is 80.2 Å². The highest BCUT2D eigenvalue weighted by Crippen LogP contribution is 2.46. The third-order valence-corrected chi connectivity index (χ3v) is 9.32. The van der Waals surface area contributed by atoms with Crippen LogP contribution < -0.4 is 0 Å². The standard InChI is InChI=1S/C33H37NS/c1-8-33(6,9-2)29-20-28(22(5)24-12-10-11-13-25(24)29)31-32-27(16-17-34(31)7)26-15-14-23(18-21(3)4)19-30(26)35-32/h10-17,19-21H,7-9,18H2,1-6H3. The maximum absolute atomic E-state index is 4.45. The van der Waals surface area contributed by atoms with Crippen molar-refractivity contribution in [3.8, 4) is 0 Å². The summed E-state index contributed by atoms with van der Waals surface area (Å²) in [6, 6.07) is 19.7. The van der Waals surface area contributed by atoms with Crippen LogP contribution in [-0.4, -0.2) is 11.3 Å². The van der Waals surface area contributed by atoms with Crippen molar-refractivity contribution in [1.29, 1.82) is 0 Å². The highest BCUT2D eigenvalue weighted by atomic mass is 32.1. The Kier molecular flexibility index (Phi) is 6.13. The topological polar surface area (TPSA) is 3.01 Å². The van der Waals surface area contributed by atoms with Crippen LogP contribution in [0, 0.1) is 18.9 Å². The van der Waals surface area contributed by atoms with Crippen molar-refractivity contribution in [2.45, 2.75) is 66.2 Å². The van der Waals surface area contributed by atoms with Crippen LogP contribution in [0.15, 0.2) is 54.7 Å². The van der Waals surface area contributed by atoms with E-state index in [1.165, 1.54) is 59.6 Å². The SMILES string of the molecule is C=[N+]1C=Cc2c([s+][c-]3cc(CC(C)C)ccc23)[C-]1c1cc(C(C)(CC)CC)c2ccccc2c1C. The molecule has 0 aliphatic carbocycles. The first-order valence-corrected chi connectivity index (χ1v) is 13.8. The van der Waals surface area contributed by atoms with Gasteiger partial charge in [-0.05, 0) is 52.1 Å². The second kappa shape index (κ2) is 8.99. The molecular weight excluding hydrogens is 442 g/mol. The molecule has 180 valence electrons. The Hall–Kier alpha value is -2.84. The lowest BCUT2D eigenvalue weighted by molar-refractivity contribution is -0.417. The van der Waals surface area contributed by atoms with Gasteiger partial charge in [0.1, 0.15) is 17.5 Å². The van der Waals surface area contributed by atoms with Gasteiger partial charge in [0.2, 0.25) is 0 Å². The van der Waals surface area contributed by atoms with Gasteiger partial charge in [-0.2, -0.15) is 0 Å². The summed E-state index contributed by atoms with van der Waals surface area (Å²) < 4.78 is 3.46. The molecule has 1 aliphatic rings. The monoisotopic (exact) mass is 479 g/mol. The van der Waals surface area contributed by atoms with Crippen molar-refractivity contribution in [3.63, 3.8) is 0 Å². The summed E-state index contributed by atoms with van der Waals surface area (Å²) in [6.07, 6.45) is 7.73. The van der Waals surface area contributed by atoms with E-state index in [9.17, 15) is 0 Å². The fourth-order valence-electron chi connectivity index (χ4n) is 5.64. The Morgan fingerprint density at radius 2 is 1.77 bits per heavy atom. The molecule has 0 amide bonds. The van der Waals surface area contributed by atoms with Crippen LogP contribution in [0.5, 0.6) is 0 Å². The van der Waals surface area contributed by atoms with E-state index in [1.807, 2.05) is 11.3 Å². The molecule has 1 aliphatic heterocycles. The molecule has 2 heterocycles. The fraction of sp³-hybridized carbons (Fsp3) is 0.333. The summed E-state index contributed by atoms with van der Waals surface area (Å²) in [6.45, 7) is 18.4. The van der Waals surface area contributed by atoms with E-state index in [2.05, 4.69) is 114 Å². The quantitative estimate of drug-likeness (QED) is 0.147. The number of fused-ring (bicyclic) bond motifs is 4. The van der Waals surface area contributed by atoms with Crippen molar-refractivity contribution in [1.82, 2.24) is 0 Å². The first-order chi connectivity index (χ1) is 16.8. The summed E-state index contributed by atoms with van der Waals surface area (Å²) in [5.74, 6) is 0.657. The van der Waals surface area contributed by atoms with E-state index < -0.39 is 0 Å². The molecular formula is C33H37NS. The average Bonchev–Trinajstić information content (AvgIpc) is 3.21. The third kappa shape index (κ3) is 3.93. The summed E-state index contributed by atoms with van der Waals surface area (Å²) in [5.41, 5.74) is 6.99. The lowest BCUT2D eigenvalue weighted by Gasteiger charge is -2.33. The Morgan fingerprint density at radius 1 is 1.06 bits per heavy atom. The van der Waals surface area contributed by atoms with E-state index in [1.54, 1.807) is 0 Å².